The number of nitrogens with two attached hydrogens (primary N) is 3. The van der Waals surface area contributed by atoms with Gasteiger partial charge in [-0.15, -0.1) is 0 Å². The molecule has 15 nitrogen and oxygen atoms in total. The Labute approximate surface area is 379 Å². The summed E-state index contributed by atoms with van der Waals surface area (Å²) in [6.07, 6.45) is 18.3. The Hall–Kier alpha value is -7.00. The maximum absolute atomic E-state index is 5.87. The van der Waals surface area contributed by atoms with Crippen molar-refractivity contribution in [3.63, 3.8) is 0 Å². The zero-order valence-electron chi connectivity index (χ0n) is 38.0. The van der Waals surface area contributed by atoms with Crippen LogP contribution in [-0.2, 0) is 19.3 Å². The molecule has 0 aliphatic carbocycles. The molecule has 332 valence electrons. The molecule has 0 saturated carbocycles. The van der Waals surface area contributed by atoms with Gasteiger partial charge in [0.2, 0.25) is 0 Å². The Morgan fingerprint density at radius 3 is 1.53 bits per heavy atom. The first-order valence-electron chi connectivity index (χ1n) is 20.9. The van der Waals surface area contributed by atoms with Gasteiger partial charge in [0.25, 0.3) is 0 Å². The quantitative estimate of drug-likeness (QED) is 0.119. The van der Waals surface area contributed by atoms with E-state index in [0.717, 1.165) is 86.8 Å². The van der Waals surface area contributed by atoms with Crippen LogP contribution < -0.4 is 17.2 Å². The summed E-state index contributed by atoms with van der Waals surface area (Å²) in [5, 5.41) is 0.469. The van der Waals surface area contributed by atoms with Crippen LogP contribution in [0.2, 0.25) is 5.15 Å². The summed E-state index contributed by atoms with van der Waals surface area (Å²) in [7, 11) is 0. The van der Waals surface area contributed by atoms with E-state index in [0.29, 0.717) is 16.5 Å². The molecule has 0 aliphatic heterocycles. The number of hydrogen-bond acceptors (Lipinski definition) is 12. The van der Waals surface area contributed by atoms with E-state index in [2.05, 4.69) is 102 Å². The smallest absolute Gasteiger partial charge is 0.157 e. The second-order valence-corrected chi connectivity index (χ2v) is 19.6. The third-order valence-corrected chi connectivity index (χ3v) is 9.40. The van der Waals surface area contributed by atoms with Gasteiger partial charge in [-0.1, -0.05) is 73.9 Å². The second kappa shape index (κ2) is 19.6. The number of imidazole rings is 3. The molecule has 9 rings (SSSR count). The van der Waals surface area contributed by atoms with Crippen molar-refractivity contribution in [1.82, 2.24) is 59.0 Å². The van der Waals surface area contributed by atoms with Crippen molar-refractivity contribution < 1.29 is 0 Å². The highest BCUT2D eigenvalue weighted by Crippen LogP contribution is 2.24. The number of nitrogens with one attached hydrogen (secondary N) is 1. The number of halogens is 1. The van der Waals surface area contributed by atoms with Crippen molar-refractivity contribution in [3.8, 4) is 11.6 Å². The Bertz CT molecular complexity index is 2950. The molecule has 0 spiro atoms. The van der Waals surface area contributed by atoms with Crippen molar-refractivity contribution in [2.24, 2.45) is 16.2 Å². The molecule has 0 atom stereocenters. The van der Waals surface area contributed by atoms with Crippen LogP contribution in [0.5, 0.6) is 0 Å². The second-order valence-electron chi connectivity index (χ2n) is 19.2. The summed E-state index contributed by atoms with van der Waals surface area (Å²) in [4.78, 5) is 41.9. The minimum atomic E-state index is 0.175. The summed E-state index contributed by atoms with van der Waals surface area (Å²) < 4.78 is 3.86. The normalized spacial score (nSPS) is 11.7. The minimum Gasteiger partial charge on any atom is -0.399 e. The first-order chi connectivity index (χ1) is 30.2. The molecule has 0 amide bonds. The molecule has 64 heavy (non-hydrogen) atoms. The Morgan fingerprint density at radius 2 is 0.969 bits per heavy atom. The van der Waals surface area contributed by atoms with Crippen molar-refractivity contribution >= 4 is 61.8 Å². The zero-order valence-corrected chi connectivity index (χ0v) is 38.8. The van der Waals surface area contributed by atoms with Gasteiger partial charge in [-0.05, 0) is 90.1 Å². The maximum atomic E-state index is 5.87. The van der Waals surface area contributed by atoms with Crippen LogP contribution in [0.4, 0.5) is 17.1 Å². The maximum Gasteiger partial charge on any atom is 0.157 e. The van der Waals surface area contributed by atoms with Gasteiger partial charge < -0.3 is 22.2 Å². The van der Waals surface area contributed by atoms with Crippen molar-refractivity contribution in [3.05, 3.63) is 133 Å². The lowest BCUT2D eigenvalue weighted by Gasteiger charge is -2.17. The first-order valence-corrected chi connectivity index (χ1v) is 21.3. The average molecular weight is 881 g/mol. The topological polar surface area (TPSA) is 220 Å². The van der Waals surface area contributed by atoms with Gasteiger partial charge in [-0.3, -0.25) is 24.1 Å². The first kappa shape index (κ1) is 46.5. The van der Waals surface area contributed by atoms with E-state index in [4.69, 9.17) is 38.8 Å². The molecule has 0 aliphatic rings. The van der Waals surface area contributed by atoms with Crippen molar-refractivity contribution in [2.75, 3.05) is 17.2 Å². The van der Waals surface area contributed by atoms with Gasteiger partial charge in [-0.25, -0.2) is 29.9 Å². The summed E-state index contributed by atoms with van der Waals surface area (Å²) in [6.45, 7) is 19.6. The van der Waals surface area contributed by atoms with Gasteiger partial charge in [-0.2, -0.15) is 0 Å². The molecule has 0 bridgehead atoms. The highest BCUT2D eigenvalue weighted by atomic mass is 35.5. The number of benzene rings is 3. The number of hydrogen-bond donors (Lipinski definition) is 4. The molecule has 16 heteroatoms. The van der Waals surface area contributed by atoms with E-state index < -0.39 is 0 Å². The third-order valence-electron chi connectivity index (χ3n) is 9.21. The number of anilines is 3. The SMILES string of the molecule is CC(C)(C)Cc1cncc(-n2cnc3cc(N)ccc32)n1.CC(C)(C)Cc1cncc(-n2cnc3ccc(N)cc32)n1.CC(C)(C)Cc1cncc(Cl)n1.Nc1ccc2nc[nH]c2c1. The van der Waals surface area contributed by atoms with Crippen molar-refractivity contribution in [2.45, 2.75) is 81.6 Å². The lowest BCUT2D eigenvalue weighted by Crippen LogP contribution is -2.12. The fourth-order valence-corrected chi connectivity index (χ4v) is 6.82. The molecule has 0 unspecified atom stereocenters. The highest BCUT2D eigenvalue weighted by molar-refractivity contribution is 6.29. The number of aromatic nitrogens is 12. The number of nitrogens with zero attached hydrogens (tertiary/aromatic N) is 11. The standard InChI is InChI=1S/2C16H19N5.C9H13ClN2.C7H7N3/c1-16(2,3)7-12-8-18-9-15(20-12)21-10-19-13-6-11(17)4-5-14(13)21;1-16(2,3)7-12-8-18-9-15(20-12)21-10-19-13-5-4-11(17)6-14(13)21;1-9(2,3)4-7-5-11-6-8(10)12-7;8-5-1-2-6-7(3-5)10-4-9-6/h2*4-6,8-10H,7,17H2,1-3H3;5-6H,4H2,1-3H3;1-4H,8H2,(H,9,10). The number of nitrogen functional groups attached to an aromatic ring is 3. The molecule has 7 N–H and O–H groups in total. The highest BCUT2D eigenvalue weighted by Gasteiger charge is 2.16. The van der Waals surface area contributed by atoms with Crippen LogP contribution in [-0.4, -0.2) is 59.0 Å². The number of rotatable bonds is 5. The van der Waals surface area contributed by atoms with Gasteiger partial charge in [0.1, 0.15) is 17.8 Å². The van der Waals surface area contributed by atoms with Gasteiger partial charge in [0, 0.05) is 35.7 Å². The van der Waals surface area contributed by atoms with Crippen LogP contribution in [0.1, 0.15) is 79.4 Å². The number of fused-ring (bicyclic) bond motifs is 3. The monoisotopic (exact) mass is 879 g/mol. The molecule has 3 aromatic carbocycles. The largest absolute Gasteiger partial charge is 0.399 e. The predicted molar refractivity (Wildman–Crippen MR) is 259 cm³/mol. The van der Waals surface area contributed by atoms with Crippen molar-refractivity contribution in [1.29, 1.82) is 0 Å². The van der Waals surface area contributed by atoms with Crippen LogP contribution in [0.25, 0.3) is 44.7 Å². The lowest BCUT2D eigenvalue weighted by atomic mass is 9.91. The van der Waals surface area contributed by atoms with E-state index >= 15 is 0 Å². The van der Waals surface area contributed by atoms with Crippen LogP contribution in [0.3, 0.4) is 0 Å². The molecule has 6 aromatic heterocycles. The van der Waals surface area contributed by atoms with E-state index in [1.54, 1.807) is 43.8 Å². The summed E-state index contributed by atoms with van der Waals surface area (Å²) in [5.74, 6) is 1.55. The molecule has 9 aromatic rings. The van der Waals surface area contributed by atoms with Gasteiger partial charge in [0.15, 0.2) is 11.6 Å². The van der Waals surface area contributed by atoms with E-state index in [9.17, 15) is 0 Å². The summed E-state index contributed by atoms with van der Waals surface area (Å²) in [6, 6.07) is 16.9. The lowest BCUT2D eigenvalue weighted by molar-refractivity contribution is 0.405. The molecule has 0 radical (unpaired) electrons. The molecule has 0 fully saturated rings. The third kappa shape index (κ3) is 13.5. The number of aromatic amines is 1. The number of H-pyrrole nitrogens is 1. The minimum absolute atomic E-state index is 0.175. The fourth-order valence-electron chi connectivity index (χ4n) is 6.66. The molecular weight excluding hydrogens is 822 g/mol. The molecule has 6 heterocycles. The Kier molecular flexibility index (Phi) is 14.2. The zero-order chi connectivity index (χ0) is 46.2. The van der Waals surface area contributed by atoms with E-state index in [1.165, 1.54) is 0 Å². The summed E-state index contributed by atoms with van der Waals surface area (Å²) >= 11 is 5.70. The Balaban J connectivity index is 0.000000148. The van der Waals surface area contributed by atoms with E-state index in [-0.39, 0.29) is 16.2 Å². The van der Waals surface area contributed by atoms with E-state index in [1.807, 2.05) is 76.1 Å². The van der Waals surface area contributed by atoms with Gasteiger partial charge >= 0.3 is 0 Å². The van der Waals surface area contributed by atoms with Gasteiger partial charge in [0.05, 0.1) is 75.1 Å². The fraction of sp³-hybridized carbons (Fsp3) is 0.312. The Morgan fingerprint density at radius 1 is 0.500 bits per heavy atom. The van der Waals surface area contributed by atoms with Crippen LogP contribution in [0, 0.1) is 16.2 Å². The van der Waals surface area contributed by atoms with Crippen LogP contribution in [0.15, 0.2) is 111 Å². The summed E-state index contributed by atoms with van der Waals surface area (Å²) in [5.41, 5.74) is 28.5. The predicted octanol–water partition coefficient (Wildman–Crippen LogP) is 9.84. The molecule has 0 saturated heterocycles. The van der Waals surface area contributed by atoms with Crippen LogP contribution >= 0.6 is 11.6 Å². The average Bonchev–Trinajstić information content (AvgIpc) is 3.95. The molecular formula is C48H58ClN15.